The molecule has 2 atom stereocenters. The molecule has 0 aliphatic carbocycles. The fraction of sp³-hybridized carbons (Fsp3) is 0.500. The number of carbonyl (C=O) groups excluding carboxylic acids is 1. The smallest absolute Gasteiger partial charge is 0.237 e. The molecule has 0 aromatic rings. The van der Waals surface area contributed by atoms with Crippen molar-refractivity contribution in [2.75, 3.05) is 6.54 Å². The Morgan fingerprint density at radius 2 is 2.31 bits per heavy atom. The van der Waals surface area contributed by atoms with E-state index in [1.165, 1.54) is 0 Å². The van der Waals surface area contributed by atoms with Gasteiger partial charge in [0, 0.05) is 6.54 Å². The molecule has 2 unspecified atom stereocenters. The first-order valence-electron chi connectivity index (χ1n) is 4.22. The Morgan fingerprint density at radius 1 is 1.69 bits per heavy atom. The van der Waals surface area contributed by atoms with Crippen LogP contribution < -0.4 is 10.6 Å². The average molecular weight is 180 g/mol. The fourth-order valence-corrected chi connectivity index (χ4v) is 0.825. The monoisotopic (exact) mass is 180 g/mol. The summed E-state index contributed by atoms with van der Waals surface area (Å²) in [5.74, 6) is 2.43. The standard InChI is InChI=1S/C10H16N2O/c1-5-7-11-10(13)9(4)12-8(3)6-2/h2,5,8-9,12H,1,7H2,3-4H3,(H,11,13). The summed E-state index contributed by atoms with van der Waals surface area (Å²) in [4.78, 5) is 11.3. The maximum atomic E-state index is 11.3. The molecule has 72 valence electrons. The van der Waals surface area contributed by atoms with Crippen LogP contribution in [0.25, 0.3) is 0 Å². The molecular weight excluding hydrogens is 164 g/mol. The minimum absolute atomic E-state index is 0.0676. The summed E-state index contributed by atoms with van der Waals surface area (Å²) in [5, 5.41) is 5.63. The average Bonchev–Trinajstić information content (AvgIpc) is 2.13. The second kappa shape index (κ2) is 6.27. The Hall–Kier alpha value is -1.27. The largest absolute Gasteiger partial charge is 0.351 e. The molecule has 0 fully saturated rings. The fourth-order valence-electron chi connectivity index (χ4n) is 0.825. The minimum atomic E-state index is -0.272. The topological polar surface area (TPSA) is 41.1 Å². The Bertz CT molecular complexity index is 217. The van der Waals surface area contributed by atoms with E-state index in [-0.39, 0.29) is 18.0 Å². The van der Waals surface area contributed by atoms with E-state index in [0.29, 0.717) is 6.54 Å². The summed E-state index contributed by atoms with van der Waals surface area (Å²) in [5.41, 5.74) is 0. The molecule has 0 bridgehead atoms. The molecular formula is C10H16N2O. The Labute approximate surface area is 79.6 Å². The number of rotatable bonds is 5. The normalized spacial score (nSPS) is 13.9. The molecule has 0 spiro atoms. The van der Waals surface area contributed by atoms with Crippen molar-refractivity contribution < 1.29 is 4.79 Å². The lowest BCUT2D eigenvalue weighted by atomic mass is 10.2. The van der Waals surface area contributed by atoms with Crippen molar-refractivity contribution in [1.82, 2.24) is 10.6 Å². The molecule has 1 amide bonds. The van der Waals surface area contributed by atoms with Crippen LogP contribution in [0, 0.1) is 12.3 Å². The summed E-state index contributed by atoms with van der Waals surface area (Å²) in [6, 6.07) is -0.365. The third-order valence-electron chi connectivity index (χ3n) is 1.56. The van der Waals surface area contributed by atoms with Crippen LogP contribution in [0.1, 0.15) is 13.8 Å². The first-order chi connectivity index (χ1) is 6.11. The van der Waals surface area contributed by atoms with Gasteiger partial charge in [-0.25, -0.2) is 0 Å². The summed E-state index contributed by atoms with van der Waals surface area (Å²) < 4.78 is 0. The van der Waals surface area contributed by atoms with E-state index >= 15 is 0 Å². The van der Waals surface area contributed by atoms with Gasteiger partial charge in [0.2, 0.25) is 5.91 Å². The van der Waals surface area contributed by atoms with Crippen molar-refractivity contribution in [3.8, 4) is 12.3 Å². The lowest BCUT2D eigenvalue weighted by Crippen LogP contribution is -2.45. The van der Waals surface area contributed by atoms with Crippen LogP contribution in [0.4, 0.5) is 0 Å². The second-order valence-electron chi connectivity index (χ2n) is 2.81. The Kier molecular flexibility index (Phi) is 5.66. The summed E-state index contributed by atoms with van der Waals surface area (Å²) in [6.45, 7) is 7.58. The van der Waals surface area contributed by atoms with E-state index < -0.39 is 0 Å². The van der Waals surface area contributed by atoms with Gasteiger partial charge in [0.15, 0.2) is 0 Å². The predicted octanol–water partition coefficient (Wildman–Crippen LogP) is 0.288. The molecule has 0 saturated carbocycles. The number of hydrogen-bond acceptors (Lipinski definition) is 2. The van der Waals surface area contributed by atoms with Crippen LogP contribution in [0.3, 0.4) is 0 Å². The van der Waals surface area contributed by atoms with Crippen molar-refractivity contribution >= 4 is 5.91 Å². The third-order valence-corrected chi connectivity index (χ3v) is 1.56. The van der Waals surface area contributed by atoms with Gasteiger partial charge in [0.1, 0.15) is 0 Å². The number of terminal acetylenes is 1. The molecule has 0 aliphatic heterocycles. The van der Waals surface area contributed by atoms with Crippen molar-refractivity contribution in [1.29, 1.82) is 0 Å². The van der Waals surface area contributed by atoms with E-state index in [1.807, 2.05) is 6.92 Å². The van der Waals surface area contributed by atoms with Crippen LogP contribution in [-0.4, -0.2) is 24.5 Å². The van der Waals surface area contributed by atoms with E-state index in [4.69, 9.17) is 6.42 Å². The number of hydrogen-bond donors (Lipinski definition) is 2. The molecule has 3 heteroatoms. The van der Waals surface area contributed by atoms with Gasteiger partial charge in [-0.1, -0.05) is 12.0 Å². The molecule has 3 nitrogen and oxygen atoms in total. The highest BCUT2D eigenvalue weighted by Gasteiger charge is 2.12. The first-order valence-corrected chi connectivity index (χ1v) is 4.22. The maximum absolute atomic E-state index is 11.3. The van der Waals surface area contributed by atoms with Crippen molar-refractivity contribution in [2.24, 2.45) is 0 Å². The number of nitrogens with one attached hydrogen (secondary N) is 2. The molecule has 0 heterocycles. The maximum Gasteiger partial charge on any atom is 0.237 e. The summed E-state index contributed by atoms with van der Waals surface area (Å²) in [6.07, 6.45) is 6.79. The van der Waals surface area contributed by atoms with Gasteiger partial charge in [-0.3, -0.25) is 10.1 Å². The summed E-state index contributed by atoms with van der Waals surface area (Å²) >= 11 is 0. The van der Waals surface area contributed by atoms with Crippen molar-refractivity contribution in [3.05, 3.63) is 12.7 Å². The zero-order chi connectivity index (χ0) is 10.3. The van der Waals surface area contributed by atoms with Crippen molar-refractivity contribution in [3.63, 3.8) is 0 Å². The highest BCUT2D eigenvalue weighted by molar-refractivity contribution is 5.81. The van der Waals surface area contributed by atoms with Crippen LogP contribution in [0.2, 0.25) is 0 Å². The van der Waals surface area contributed by atoms with E-state index in [1.54, 1.807) is 13.0 Å². The lowest BCUT2D eigenvalue weighted by Gasteiger charge is -2.15. The quantitative estimate of drug-likeness (QED) is 0.471. The van der Waals surface area contributed by atoms with Crippen LogP contribution in [0.5, 0.6) is 0 Å². The molecule has 0 aliphatic rings. The van der Waals surface area contributed by atoms with Gasteiger partial charge < -0.3 is 5.32 Å². The SMILES string of the molecule is C#CC(C)NC(C)C(=O)NCC=C. The van der Waals surface area contributed by atoms with Gasteiger partial charge in [-0.05, 0) is 13.8 Å². The molecule has 0 aromatic heterocycles. The van der Waals surface area contributed by atoms with Gasteiger partial charge >= 0.3 is 0 Å². The number of amides is 1. The number of carbonyl (C=O) groups is 1. The van der Waals surface area contributed by atoms with Gasteiger partial charge in [-0.15, -0.1) is 13.0 Å². The van der Waals surface area contributed by atoms with E-state index in [9.17, 15) is 4.79 Å². The Balaban J connectivity index is 3.83. The Morgan fingerprint density at radius 3 is 2.77 bits per heavy atom. The highest BCUT2D eigenvalue weighted by Crippen LogP contribution is 1.86. The molecule has 0 rings (SSSR count). The third kappa shape index (κ3) is 5.05. The van der Waals surface area contributed by atoms with Gasteiger partial charge in [0.05, 0.1) is 12.1 Å². The van der Waals surface area contributed by atoms with Crippen molar-refractivity contribution in [2.45, 2.75) is 25.9 Å². The zero-order valence-electron chi connectivity index (χ0n) is 8.13. The van der Waals surface area contributed by atoms with Gasteiger partial charge in [0.25, 0.3) is 0 Å². The molecule has 0 aromatic carbocycles. The molecule has 0 radical (unpaired) electrons. The van der Waals surface area contributed by atoms with Crippen LogP contribution in [0.15, 0.2) is 12.7 Å². The van der Waals surface area contributed by atoms with E-state index in [0.717, 1.165) is 0 Å². The zero-order valence-corrected chi connectivity index (χ0v) is 8.13. The van der Waals surface area contributed by atoms with Crippen LogP contribution >= 0.6 is 0 Å². The van der Waals surface area contributed by atoms with E-state index in [2.05, 4.69) is 23.1 Å². The van der Waals surface area contributed by atoms with Gasteiger partial charge in [-0.2, -0.15) is 0 Å². The van der Waals surface area contributed by atoms with Crippen LogP contribution in [-0.2, 0) is 4.79 Å². The summed E-state index contributed by atoms with van der Waals surface area (Å²) in [7, 11) is 0. The lowest BCUT2D eigenvalue weighted by molar-refractivity contribution is -0.122. The minimum Gasteiger partial charge on any atom is -0.351 e. The molecule has 0 saturated heterocycles. The highest BCUT2D eigenvalue weighted by atomic mass is 16.2. The first kappa shape index (κ1) is 11.7. The molecule has 13 heavy (non-hydrogen) atoms. The molecule has 2 N–H and O–H groups in total. The second-order valence-corrected chi connectivity index (χ2v) is 2.81. The predicted molar refractivity (Wildman–Crippen MR) is 54.1 cm³/mol.